The first-order valence-electron chi connectivity index (χ1n) is 12.2. The molecule has 0 bridgehead atoms. The summed E-state index contributed by atoms with van der Waals surface area (Å²) >= 11 is 0. The number of likely N-dealkylation sites (tertiary alicyclic amines) is 1. The van der Waals surface area contributed by atoms with Gasteiger partial charge in [-0.2, -0.15) is 0 Å². The predicted molar refractivity (Wildman–Crippen MR) is 122 cm³/mol. The van der Waals surface area contributed by atoms with E-state index in [4.69, 9.17) is 9.72 Å². The van der Waals surface area contributed by atoms with Gasteiger partial charge in [0.1, 0.15) is 5.82 Å². The fourth-order valence-electron chi connectivity index (χ4n) is 5.95. The third-order valence-corrected chi connectivity index (χ3v) is 7.74. The van der Waals surface area contributed by atoms with Crippen molar-refractivity contribution in [3.63, 3.8) is 0 Å². The van der Waals surface area contributed by atoms with Crippen LogP contribution in [0.3, 0.4) is 0 Å². The van der Waals surface area contributed by atoms with E-state index < -0.39 is 0 Å². The molecule has 164 valence electrons. The Bertz CT molecular complexity index is 814. The summed E-state index contributed by atoms with van der Waals surface area (Å²) in [5.74, 6) is 1.98. The van der Waals surface area contributed by atoms with E-state index in [1.54, 1.807) is 0 Å². The lowest BCUT2D eigenvalue weighted by atomic mass is 9.94. The van der Waals surface area contributed by atoms with Crippen LogP contribution >= 0.6 is 0 Å². The van der Waals surface area contributed by atoms with Crippen molar-refractivity contribution in [1.82, 2.24) is 19.4 Å². The van der Waals surface area contributed by atoms with Crippen LogP contribution < -0.4 is 0 Å². The van der Waals surface area contributed by atoms with Crippen molar-refractivity contribution < 1.29 is 4.74 Å². The molecule has 2 saturated heterocycles. The van der Waals surface area contributed by atoms with Gasteiger partial charge in [-0.1, -0.05) is 25.0 Å². The monoisotopic (exact) mass is 410 g/mol. The summed E-state index contributed by atoms with van der Waals surface area (Å²) in [5.41, 5.74) is 2.34. The van der Waals surface area contributed by atoms with Gasteiger partial charge in [0, 0.05) is 32.8 Å². The summed E-state index contributed by atoms with van der Waals surface area (Å²) in [7, 11) is 2.16. The number of piperidine rings is 1. The quantitative estimate of drug-likeness (QED) is 0.685. The van der Waals surface area contributed by atoms with Crippen molar-refractivity contribution in [1.29, 1.82) is 0 Å². The van der Waals surface area contributed by atoms with E-state index in [-0.39, 0.29) is 0 Å². The van der Waals surface area contributed by atoms with Crippen molar-refractivity contribution in [3.05, 3.63) is 30.1 Å². The molecule has 0 spiro atoms. The van der Waals surface area contributed by atoms with Crippen LogP contribution in [0, 0.1) is 5.92 Å². The minimum Gasteiger partial charge on any atom is -0.377 e. The van der Waals surface area contributed by atoms with E-state index >= 15 is 0 Å². The van der Waals surface area contributed by atoms with Gasteiger partial charge >= 0.3 is 0 Å². The minimum atomic E-state index is 0.401. The van der Waals surface area contributed by atoms with E-state index in [0.717, 1.165) is 37.2 Å². The molecule has 2 aromatic rings. The molecule has 0 amide bonds. The number of rotatable bonds is 7. The zero-order valence-corrected chi connectivity index (χ0v) is 18.6. The van der Waals surface area contributed by atoms with Crippen LogP contribution in [0.1, 0.15) is 57.2 Å². The zero-order valence-electron chi connectivity index (χ0n) is 18.6. The first-order valence-corrected chi connectivity index (χ1v) is 12.2. The summed E-state index contributed by atoms with van der Waals surface area (Å²) < 4.78 is 8.29. The number of nitrogens with zero attached hydrogens (tertiary/aromatic N) is 4. The smallest absolute Gasteiger partial charge is 0.123 e. The molecule has 3 heterocycles. The number of ether oxygens (including phenoxy) is 1. The zero-order chi connectivity index (χ0) is 20.3. The fraction of sp³-hybridized carbons (Fsp3) is 0.720. The minimum absolute atomic E-state index is 0.401. The molecule has 5 nitrogen and oxygen atoms in total. The molecule has 2 aliphatic heterocycles. The van der Waals surface area contributed by atoms with Gasteiger partial charge < -0.3 is 14.2 Å². The number of imidazole rings is 1. The van der Waals surface area contributed by atoms with Gasteiger partial charge in [0.25, 0.3) is 0 Å². The second-order valence-corrected chi connectivity index (χ2v) is 9.82. The van der Waals surface area contributed by atoms with Gasteiger partial charge in [-0.05, 0) is 69.7 Å². The molecule has 0 N–H and O–H groups in total. The summed E-state index contributed by atoms with van der Waals surface area (Å²) in [6.07, 6.45) is 11.3. The standard InChI is InChI=1S/C25H38N4O/c1-27-24-11-5-4-10-23(24)26-25(27)19-28(18-22-9-6-16-30-22)17-20-12-14-29(15-13-20)21-7-2-3-8-21/h4-5,10-11,20-22H,2-3,6-9,12-19H2,1H3/t22-/m1/s1. The van der Waals surface area contributed by atoms with Gasteiger partial charge in [-0.15, -0.1) is 0 Å². The van der Waals surface area contributed by atoms with Gasteiger partial charge in [0.2, 0.25) is 0 Å². The molecule has 30 heavy (non-hydrogen) atoms. The van der Waals surface area contributed by atoms with Crippen LogP contribution in [-0.2, 0) is 18.3 Å². The average molecular weight is 411 g/mol. The number of hydrogen-bond donors (Lipinski definition) is 0. The molecule has 3 fully saturated rings. The predicted octanol–water partition coefficient (Wildman–Crippen LogP) is 4.21. The molecule has 0 unspecified atom stereocenters. The summed E-state index contributed by atoms with van der Waals surface area (Å²) in [5, 5.41) is 0. The maximum atomic E-state index is 6.01. The van der Waals surface area contributed by atoms with E-state index in [0.29, 0.717) is 6.10 Å². The number of benzene rings is 1. The molecule has 5 rings (SSSR count). The Labute approximate surface area is 181 Å². The highest BCUT2D eigenvalue weighted by molar-refractivity contribution is 5.75. The lowest BCUT2D eigenvalue weighted by molar-refractivity contribution is 0.0528. The number of aromatic nitrogens is 2. The Morgan fingerprint density at radius 2 is 1.80 bits per heavy atom. The SMILES string of the molecule is Cn1c(CN(CC2CCN(C3CCCC3)CC2)C[C@H]2CCCO2)nc2ccccc21. The maximum absolute atomic E-state index is 6.01. The molecule has 1 aromatic heterocycles. The van der Waals surface area contributed by atoms with Crippen LogP contribution in [0.2, 0.25) is 0 Å². The molecule has 1 aromatic carbocycles. The topological polar surface area (TPSA) is 33.5 Å². The highest BCUT2D eigenvalue weighted by Gasteiger charge is 2.29. The number of para-hydroxylation sites is 2. The third-order valence-electron chi connectivity index (χ3n) is 7.74. The van der Waals surface area contributed by atoms with Crippen molar-refractivity contribution in [2.24, 2.45) is 13.0 Å². The Morgan fingerprint density at radius 1 is 1.00 bits per heavy atom. The molecular formula is C25H38N4O. The fourth-order valence-corrected chi connectivity index (χ4v) is 5.95. The normalized spacial score (nSPS) is 24.5. The third kappa shape index (κ3) is 4.58. The number of fused-ring (bicyclic) bond motifs is 1. The Balaban J connectivity index is 1.24. The molecular weight excluding hydrogens is 372 g/mol. The van der Waals surface area contributed by atoms with Crippen LogP contribution in [0.4, 0.5) is 0 Å². The van der Waals surface area contributed by atoms with Gasteiger partial charge in [-0.3, -0.25) is 4.90 Å². The van der Waals surface area contributed by atoms with Crippen molar-refractivity contribution in [3.8, 4) is 0 Å². The molecule has 1 atom stereocenters. The van der Waals surface area contributed by atoms with Crippen molar-refractivity contribution in [2.45, 2.75) is 70.1 Å². The Kier molecular flexibility index (Phi) is 6.40. The van der Waals surface area contributed by atoms with Crippen molar-refractivity contribution >= 4 is 11.0 Å². The van der Waals surface area contributed by atoms with Gasteiger partial charge in [-0.25, -0.2) is 4.98 Å². The molecule has 1 aliphatic carbocycles. The van der Waals surface area contributed by atoms with E-state index in [9.17, 15) is 0 Å². The van der Waals surface area contributed by atoms with E-state index in [1.165, 1.54) is 82.3 Å². The van der Waals surface area contributed by atoms with Gasteiger partial charge in [0.15, 0.2) is 0 Å². The second-order valence-electron chi connectivity index (χ2n) is 9.82. The molecule has 5 heteroatoms. The lowest BCUT2D eigenvalue weighted by Gasteiger charge is -2.38. The van der Waals surface area contributed by atoms with Gasteiger partial charge in [0.05, 0.1) is 23.7 Å². The summed E-state index contributed by atoms with van der Waals surface area (Å²) in [6.45, 7) is 6.69. The highest BCUT2D eigenvalue weighted by atomic mass is 16.5. The summed E-state index contributed by atoms with van der Waals surface area (Å²) in [6, 6.07) is 9.38. The van der Waals surface area contributed by atoms with Crippen LogP contribution in [0.25, 0.3) is 11.0 Å². The first kappa shape index (κ1) is 20.5. The molecule has 1 saturated carbocycles. The molecule has 0 radical (unpaired) electrons. The Hall–Kier alpha value is -1.43. The van der Waals surface area contributed by atoms with Crippen molar-refractivity contribution in [2.75, 3.05) is 32.8 Å². The number of aryl methyl sites for hydroxylation is 1. The van der Waals surface area contributed by atoms with Crippen LogP contribution in [0.15, 0.2) is 24.3 Å². The van der Waals surface area contributed by atoms with E-state index in [2.05, 4.69) is 45.7 Å². The molecule has 3 aliphatic rings. The maximum Gasteiger partial charge on any atom is 0.123 e. The highest BCUT2D eigenvalue weighted by Crippen LogP contribution is 2.29. The number of hydrogen-bond acceptors (Lipinski definition) is 4. The summed E-state index contributed by atoms with van der Waals surface area (Å²) in [4.78, 5) is 10.4. The van der Waals surface area contributed by atoms with Crippen LogP contribution in [-0.4, -0.2) is 64.3 Å². The van der Waals surface area contributed by atoms with Crippen LogP contribution in [0.5, 0.6) is 0 Å². The Morgan fingerprint density at radius 3 is 2.53 bits per heavy atom. The largest absolute Gasteiger partial charge is 0.377 e. The lowest BCUT2D eigenvalue weighted by Crippen LogP contribution is -2.43. The second kappa shape index (κ2) is 9.37. The first-order chi connectivity index (χ1) is 14.8. The average Bonchev–Trinajstić information content (AvgIpc) is 3.52. The van der Waals surface area contributed by atoms with E-state index in [1.807, 2.05) is 0 Å².